The van der Waals surface area contributed by atoms with Gasteiger partial charge in [0.05, 0.1) is 63.8 Å². The summed E-state index contributed by atoms with van der Waals surface area (Å²) in [6.45, 7) is 17.4. The monoisotopic (exact) mass is 717 g/mol. The lowest BCUT2D eigenvalue weighted by Crippen LogP contribution is -2.08. The number of hydrogen-bond acceptors (Lipinski definition) is 1. The van der Waals surface area contributed by atoms with E-state index in [0.717, 1.165) is 55.4 Å². The number of nitrogens with zero attached hydrogens (tertiary/aromatic N) is 5. The van der Waals surface area contributed by atoms with Crippen LogP contribution in [-0.4, -0.2) is 9.13 Å². The summed E-state index contributed by atoms with van der Waals surface area (Å²) in [6.07, 6.45) is -4.59. The van der Waals surface area contributed by atoms with E-state index in [4.69, 9.17) is 13.1 Å². The second-order valence-electron chi connectivity index (χ2n) is 13.4. The summed E-state index contributed by atoms with van der Waals surface area (Å²) in [5.41, 5.74) is 7.67. The van der Waals surface area contributed by atoms with Gasteiger partial charge in [0.15, 0.2) is 11.4 Å². The lowest BCUT2D eigenvalue weighted by molar-refractivity contribution is -0.137. The fraction of sp³-hybridized carbons (Fsp3) is 0.0426. The van der Waals surface area contributed by atoms with Gasteiger partial charge in [-0.2, -0.15) is 18.4 Å². The number of fused-ring (bicyclic) bond motifs is 6. The molecule has 0 aliphatic heterocycles. The zero-order valence-electron chi connectivity index (χ0n) is 29.1. The average molecular weight is 718 g/mol. The van der Waals surface area contributed by atoms with Crippen molar-refractivity contribution < 1.29 is 13.2 Å². The van der Waals surface area contributed by atoms with Crippen molar-refractivity contribution >= 4 is 55.0 Å². The van der Waals surface area contributed by atoms with Gasteiger partial charge in [0.1, 0.15) is 0 Å². The Morgan fingerprint density at radius 2 is 1.16 bits per heavy atom. The molecule has 0 aliphatic carbocycles. The highest BCUT2D eigenvalue weighted by Crippen LogP contribution is 2.45. The molecule has 0 radical (unpaired) electrons. The minimum absolute atomic E-state index is 0.0877. The molecule has 2 heterocycles. The second-order valence-corrected chi connectivity index (χ2v) is 13.4. The summed E-state index contributed by atoms with van der Waals surface area (Å²) >= 11 is 0. The van der Waals surface area contributed by atoms with Crippen molar-refractivity contribution in [2.75, 3.05) is 0 Å². The zero-order chi connectivity index (χ0) is 38.0. The highest BCUT2D eigenvalue weighted by Gasteiger charge is 2.34. The number of aromatic nitrogens is 2. The van der Waals surface area contributed by atoms with E-state index in [0.29, 0.717) is 44.9 Å². The molecule has 260 valence electrons. The molecule has 0 amide bonds. The quantitative estimate of drug-likeness (QED) is 0.167. The van der Waals surface area contributed by atoms with E-state index in [-0.39, 0.29) is 5.56 Å². The van der Waals surface area contributed by atoms with Crippen LogP contribution in [0.1, 0.15) is 16.7 Å². The number of rotatable bonds is 4. The number of benzene rings is 7. The second kappa shape index (κ2) is 12.5. The molecule has 9 aromatic rings. The Hall–Kier alpha value is -7.60. The fourth-order valence-electron chi connectivity index (χ4n) is 7.98. The standard InChI is InChI=1S/C47H26F3N5/c1-28-9-8-12-39(47(48,49)50)46(28)30-16-19-35(45(24-30)55-41-14-7-5-11-34(41)37-25-31(52-2)18-22-44(37)55)38-26-32(53-3)17-21-43(38)54-40-13-6-4-10-33(40)36-23-29(27-51)15-20-42(36)54/h4-26H,1H3. The summed E-state index contributed by atoms with van der Waals surface area (Å²) in [5.74, 6) is 0. The van der Waals surface area contributed by atoms with E-state index < -0.39 is 11.7 Å². The van der Waals surface area contributed by atoms with Gasteiger partial charge in [-0.1, -0.05) is 72.8 Å². The normalized spacial score (nSPS) is 11.6. The first-order valence-corrected chi connectivity index (χ1v) is 17.4. The molecule has 55 heavy (non-hydrogen) atoms. The number of aryl methyl sites for hydroxylation is 1. The van der Waals surface area contributed by atoms with Crippen LogP contribution < -0.4 is 0 Å². The smallest absolute Gasteiger partial charge is 0.309 e. The first-order valence-electron chi connectivity index (χ1n) is 17.4. The average Bonchev–Trinajstić information content (AvgIpc) is 3.72. The minimum Gasteiger partial charge on any atom is -0.309 e. The van der Waals surface area contributed by atoms with E-state index >= 15 is 0 Å². The number of hydrogen-bond donors (Lipinski definition) is 0. The van der Waals surface area contributed by atoms with Crippen molar-refractivity contribution in [2.45, 2.75) is 13.1 Å². The van der Waals surface area contributed by atoms with Crippen molar-refractivity contribution in [3.05, 3.63) is 179 Å². The van der Waals surface area contributed by atoms with Crippen LogP contribution in [0, 0.1) is 31.4 Å². The van der Waals surface area contributed by atoms with Gasteiger partial charge in [0.2, 0.25) is 0 Å². The zero-order valence-corrected chi connectivity index (χ0v) is 29.1. The highest BCUT2D eigenvalue weighted by atomic mass is 19.4. The maximum atomic E-state index is 14.6. The Kier molecular flexibility index (Phi) is 7.57. The number of nitriles is 1. The molecule has 0 spiro atoms. The van der Waals surface area contributed by atoms with Gasteiger partial charge < -0.3 is 9.13 Å². The SMILES string of the molecule is [C-]#[N+]c1ccc(-n2c3ccccc3c3cc(C#N)ccc32)c(-c2ccc(-c3c(C)cccc3C(F)(F)F)cc2-n2c3ccccc3c3cc([N+]#[C-])ccc32)c1. The summed E-state index contributed by atoms with van der Waals surface area (Å²) in [6, 6.07) is 44.1. The highest BCUT2D eigenvalue weighted by molar-refractivity contribution is 6.12. The number of para-hydroxylation sites is 2. The molecule has 0 atom stereocenters. The largest absolute Gasteiger partial charge is 0.417 e. The Morgan fingerprint density at radius 1 is 0.564 bits per heavy atom. The number of halogens is 3. The summed E-state index contributed by atoms with van der Waals surface area (Å²) in [4.78, 5) is 7.47. The van der Waals surface area contributed by atoms with Crippen LogP contribution in [0.4, 0.5) is 24.5 Å². The third-order valence-corrected chi connectivity index (χ3v) is 10.3. The third kappa shape index (κ3) is 5.22. The van der Waals surface area contributed by atoms with E-state index in [9.17, 15) is 18.4 Å². The van der Waals surface area contributed by atoms with Crippen molar-refractivity contribution in [3.8, 4) is 39.7 Å². The van der Waals surface area contributed by atoms with Gasteiger partial charge >= 0.3 is 6.18 Å². The maximum Gasteiger partial charge on any atom is 0.417 e. The van der Waals surface area contributed by atoms with Crippen molar-refractivity contribution in [1.29, 1.82) is 5.26 Å². The topological polar surface area (TPSA) is 42.4 Å². The van der Waals surface area contributed by atoms with Crippen LogP contribution in [0.5, 0.6) is 0 Å². The Labute approximate surface area is 313 Å². The maximum absolute atomic E-state index is 14.6. The molecule has 8 heteroatoms. The van der Waals surface area contributed by atoms with Crippen LogP contribution in [0.3, 0.4) is 0 Å². The van der Waals surface area contributed by atoms with Crippen LogP contribution in [-0.2, 0) is 6.18 Å². The van der Waals surface area contributed by atoms with Gasteiger partial charge in [-0.05, 0) is 101 Å². The van der Waals surface area contributed by atoms with Crippen LogP contribution in [0.2, 0.25) is 0 Å². The Bertz CT molecular complexity index is 3200. The molecule has 2 aromatic heterocycles. The molecule has 0 bridgehead atoms. The predicted molar refractivity (Wildman–Crippen MR) is 213 cm³/mol. The lowest BCUT2D eigenvalue weighted by Gasteiger charge is -2.21. The molecule has 0 fully saturated rings. The molecule has 9 rings (SSSR count). The number of alkyl halides is 3. The van der Waals surface area contributed by atoms with E-state index in [1.54, 1.807) is 43.3 Å². The fourth-order valence-corrected chi connectivity index (χ4v) is 7.98. The van der Waals surface area contributed by atoms with E-state index in [1.165, 1.54) is 6.07 Å². The molecule has 0 saturated carbocycles. The molecule has 0 aliphatic rings. The molecule has 0 N–H and O–H groups in total. The Morgan fingerprint density at radius 3 is 1.84 bits per heavy atom. The van der Waals surface area contributed by atoms with Crippen LogP contribution in [0.15, 0.2) is 140 Å². The predicted octanol–water partition coefficient (Wildman–Crippen LogP) is 13.5. The van der Waals surface area contributed by atoms with Crippen molar-refractivity contribution in [3.63, 3.8) is 0 Å². The van der Waals surface area contributed by atoms with Gasteiger partial charge in [0.25, 0.3) is 0 Å². The summed E-state index contributed by atoms with van der Waals surface area (Å²) in [7, 11) is 0. The Balaban J connectivity index is 1.44. The summed E-state index contributed by atoms with van der Waals surface area (Å²) < 4.78 is 48.1. The van der Waals surface area contributed by atoms with Gasteiger partial charge in [-0.15, -0.1) is 0 Å². The molecule has 0 unspecified atom stereocenters. The van der Waals surface area contributed by atoms with Gasteiger partial charge in [0, 0.05) is 21.7 Å². The first kappa shape index (κ1) is 33.3. The molecular weight excluding hydrogens is 692 g/mol. The summed E-state index contributed by atoms with van der Waals surface area (Å²) in [5, 5.41) is 13.3. The van der Waals surface area contributed by atoms with Crippen molar-refractivity contribution in [1.82, 2.24) is 9.13 Å². The van der Waals surface area contributed by atoms with Crippen molar-refractivity contribution in [2.24, 2.45) is 0 Å². The molecule has 7 aromatic carbocycles. The van der Waals surface area contributed by atoms with Gasteiger partial charge in [-0.25, -0.2) is 9.69 Å². The molecular formula is C47H26F3N5. The minimum atomic E-state index is -4.59. The molecule has 0 saturated heterocycles. The van der Waals surface area contributed by atoms with Crippen LogP contribution >= 0.6 is 0 Å². The lowest BCUT2D eigenvalue weighted by atomic mass is 9.91. The van der Waals surface area contributed by atoms with E-state index in [1.807, 2.05) is 95.6 Å². The first-order chi connectivity index (χ1) is 26.7. The van der Waals surface area contributed by atoms with Gasteiger partial charge in [-0.3, -0.25) is 0 Å². The van der Waals surface area contributed by atoms with Crippen LogP contribution in [0.25, 0.3) is 86.9 Å². The third-order valence-electron chi connectivity index (χ3n) is 10.3. The molecule has 5 nitrogen and oxygen atoms in total. The van der Waals surface area contributed by atoms with E-state index in [2.05, 4.69) is 20.3 Å².